The molecule has 1 aromatic heterocycles. The van der Waals surface area contributed by atoms with Crippen molar-refractivity contribution in [2.24, 2.45) is 0 Å². The second kappa shape index (κ2) is 6.49. The number of carbonyl (C=O) groups is 2. The number of carbonyl (C=O) groups excluding carboxylic acids is 1. The van der Waals surface area contributed by atoms with Crippen molar-refractivity contribution in [3.05, 3.63) is 65.9 Å². The zero-order valence-electron chi connectivity index (χ0n) is 15.0. The minimum absolute atomic E-state index is 0.00441. The average Bonchev–Trinajstić information content (AvgIpc) is 3.23. The van der Waals surface area contributed by atoms with E-state index in [1.165, 1.54) is 10.2 Å². The van der Waals surface area contributed by atoms with E-state index in [2.05, 4.69) is 5.32 Å². The van der Waals surface area contributed by atoms with Gasteiger partial charge in [0.25, 0.3) is 10.0 Å². The number of aryl methyl sites for hydroxylation is 1. The average molecular weight is 398 g/mol. The maximum absolute atomic E-state index is 13.2. The predicted octanol–water partition coefficient (Wildman–Crippen LogP) is 2.24. The molecule has 2 aromatic carbocycles. The van der Waals surface area contributed by atoms with Gasteiger partial charge >= 0.3 is 5.97 Å². The Morgan fingerprint density at radius 1 is 1.14 bits per heavy atom. The summed E-state index contributed by atoms with van der Waals surface area (Å²) < 4.78 is 27.6. The summed E-state index contributed by atoms with van der Waals surface area (Å²) in [7, 11) is -3.88. The molecule has 7 nitrogen and oxygen atoms in total. The number of aromatic nitrogens is 1. The van der Waals surface area contributed by atoms with E-state index in [0.717, 1.165) is 5.56 Å². The third-order valence-electron chi connectivity index (χ3n) is 5.08. The fourth-order valence-electron chi connectivity index (χ4n) is 3.67. The van der Waals surface area contributed by atoms with Gasteiger partial charge in [-0.3, -0.25) is 4.79 Å². The molecule has 2 atom stereocenters. The maximum atomic E-state index is 13.2. The molecule has 0 saturated carbocycles. The molecule has 0 aliphatic carbocycles. The summed E-state index contributed by atoms with van der Waals surface area (Å²) in [5, 5.41) is 12.5. The number of nitrogens with zero attached hydrogens (tertiary/aromatic N) is 1. The molecule has 4 rings (SSSR count). The van der Waals surface area contributed by atoms with E-state index >= 15 is 0 Å². The van der Waals surface area contributed by atoms with Crippen molar-refractivity contribution < 1.29 is 23.1 Å². The van der Waals surface area contributed by atoms with Crippen LogP contribution in [0.1, 0.15) is 23.5 Å². The molecule has 1 aliphatic rings. The number of hydrogen-bond donors (Lipinski definition) is 2. The van der Waals surface area contributed by atoms with Crippen molar-refractivity contribution in [2.75, 3.05) is 0 Å². The highest BCUT2D eigenvalue weighted by molar-refractivity contribution is 7.90. The van der Waals surface area contributed by atoms with Crippen LogP contribution in [0, 0.1) is 6.92 Å². The van der Waals surface area contributed by atoms with Crippen LogP contribution in [0.25, 0.3) is 10.9 Å². The van der Waals surface area contributed by atoms with E-state index in [0.29, 0.717) is 16.5 Å². The van der Waals surface area contributed by atoms with Gasteiger partial charge in [-0.05, 0) is 30.7 Å². The lowest BCUT2D eigenvalue weighted by Gasteiger charge is -2.13. The first kappa shape index (κ1) is 18.2. The van der Waals surface area contributed by atoms with E-state index in [9.17, 15) is 23.1 Å². The molecule has 1 fully saturated rings. The van der Waals surface area contributed by atoms with Crippen molar-refractivity contribution in [1.82, 2.24) is 9.29 Å². The molecule has 1 saturated heterocycles. The Bertz CT molecular complexity index is 1200. The molecule has 1 amide bonds. The van der Waals surface area contributed by atoms with E-state index in [4.69, 9.17) is 0 Å². The summed E-state index contributed by atoms with van der Waals surface area (Å²) >= 11 is 0. The number of para-hydroxylation sites is 1. The molecule has 0 spiro atoms. The summed E-state index contributed by atoms with van der Waals surface area (Å²) in [6.07, 6.45) is 1.44. The normalized spacial score (nSPS) is 19.7. The molecule has 0 radical (unpaired) electrons. The third-order valence-corrected chi connectivity index (χ3v) is 6.76. The van der Waals surface area contributed by atoms with Crippen LogP contribution < -0.4 is 5.32 Å². The number of aliphatic carboxylic acids is 1. The highest BCUT2D eigenvalue weighted by atomic mass is 32.2. The van der Waals surface area contributed by atoms with Gasteiger partial charge in [0, 0.05) is 23.9 Å². The van der Waals surface area contributed by atoms with Gasteiger partial charge in [0.05, 0.1) is 10.4 Å². The monoisotopic (exact) mass is 398 g/mol. The number of rotatable bonds is 4. The molecule has 1 aliphatic heterocycles. The van der Waals surface area contributed by atoms with Crippen molar-refractivity contribution in [1.29, 1.82) is 0 Å². The smallest absolute Gasteiger partial charge is 0.326 e. The number of carboxylic acid groups (broad SMARTS) is 1. The van der Waals surface area contributed by atoms with Gasteiger partial charge in [-0.2, -0.15) is 0 Å². The Hall–Kier alpha value is -3.13. The third kappa shape index (κ3) is 2.86. The first-order valence-corrected chi connectivity index (χ1v) is 10.2. The van der Waals surface area contributed by atoms with E-state index in [-0.39, 0.29) is 17.2 Å². The molecule has 2 N–H and O–H groups in total. The van der Waals surface area contributed by atoms with Gasteiger partial charge in [-0.25, -0.2) is 17.2 Å². The predicted molar refractivity (Wildman–Crippen MR) is 103 cm³/mol. The van der Waals surface area contributed by atoms with Crippen LogP contribution in [-0.2, 0) is 19.6 Å². The van der Waals surface area contributed by atoms with Crippen LogP contribution in [0.5, 0.6) is 0 Å². The number of nitrogens with one attached hydrogen (secondary N) is 1. The number of fused-ring (bicyclic) bond motifs is 1. The van der Waals surface area contributed by atoms with Gasteiger partial charge in [-0.15, -0.1) is 0 Å². The second-order valence-corrected chi connectivity index (χ2v) is 8.72. The van der Waals surface area contributed by atoms with Crippen molar-refractivity contribution >= 4 is 32.8 Å². The first-order chi connectivity index (χ1) is 13.3. The molecular weight excluding hydrogens is 380 g/mol. The van der Waals surface area contributed by atoms with E-state index in [1.54, 1.807) is 48.5 Å². The highest BCUT2D eigenvalue weighted by Gasteiger charge is 2.40. The topological polar surface area (TPSA) is 105 Å². The number of hydrogen-bond acceptors (Lipinski definition) is 4. The molecule has 144 valence electrons. The van der Waals surface area contributed by atoms with Gasteiger partial charge in [0.2, 0.25) is 5.91 Å². The summed E-state index contributed by atoms with van der Waals surface area (Å²) in [5.74, 6) is -2.16. The van der Waals surface area contributed by atoms with Crippen molar-refractivity contribution in [2.45, 2.75) is 30.2 Å². The Balaban J connectivity index is 1.91. The Morgan fingerprint density at radius 2 is 1.82 bits per heavy atom. The van der Waals surface area contributed by atoms with Crippen LogP contribution in [-0.4, -0.2) is 35.4 Å². The molecular formula is C20H18N2O5S. The zero-order chi connectivity index (χ0) is 20.1. The fraction of sp³-hybridized carbons (Fsp3) is 0.200. The van der Waals surface area contributed by atoms with E-state index < -0.39 is 28.0 Å². The number of amides is 1. The summed E-state index contributed by atoms with van der Waals surface area (Å²) in [4.78, 5) is 23.6. The van der Waals surface area contributed by atoms with Gasteiger partial charge in [-0.1, -0.05) is 35.9 Å². The lowest BCUT2D eigenvalue weighted by atomic mass is 9.91. The van der Waals surface area contributed by atoms with Crippen LogP contribution in [0.4, 0.5) is 0 Å². The van der Waals surface area contributed by atoms with Crippen LogP contribution in [0.3, 0.4) is 0 Å². The summed E-state index contributed by atoms with van der Waals surface area (Å²) in [6, 6.07) is 12.3. The van der Waals surface area contributed by atoms with Crippen molar-refractivity contribution in [3.8, 4) is 0 Å². The van der Waals surface area contributed by atoms with E-state index in [1.807, 2.05) is 6.92 Å². The first-order valence-electron chi connectivity index (χ1n) is 8.73. The summed E-state index contributed by atoms with van der Waals surface area (Å²) in [6.45, 7) is 1.87. The van der Waals surface area contributed by atoms with Gasteiger partial charge in [0.15, 0.2) is 0 Å². The SMILES string of the molecule is Cc1ccc(S(=O)(=O)n2cc([C@H]3CC(=O)N[C@@H]3C(=O)O)c3ccccc32)cc1. The maximum Gasteiger partial charge on any atom is 0.326 e. The molecule has 28 heavy (non-hydrogen) atoms. The molecule has 8 heteroatoms. The van der Waals surface area contributed by atoms with Gasteiger partial charge < -0.3 is 10.4 Å². The van der Waals surface area contributed by atoms with Crippen LogP contribution in [0.2, 0.25) is 0 Å². The minimum atomic E-state index is -3.88. The number of benzene rings is 2. The molecule has 2 heterocycles. The van der Waals surface area contributed by atoms with Crippen LogP contribution in [0.15, 0.2) is 59.6 Å². The Labute approximate surface area is 161 Å². The van der Waals surface area contributed by atoms with Crippen molar-refractivity contribution in [3.63, 3.8) is 0 Å². The number of carboxylic acids is 1. The lowest BCUT2D eigenvalue weighted by Crippen LogP contribution is -2.36. The summed E-state index contributed by atoms with van der Waals surface area (Å²) in [5.41, 5.74) is 1.91. The lowest BCUT2D eigenvalue weighted by molar-refractivity contribution is -0.140. The Kier molecular flexibility index (Phi) is 4.23. The quantitative estimate of drug-likeness (QED) is 0.701. The zero-order valence-corrected chi connectivity index (χ0v) is 15.8. The minimum Gasteiger partial charge on any atom is -0.480 e. The van der Waals surface area contributed by atoms with Gasteiger partial charge in [0.1, 0.15) is 6.04 Å². The second-order valence-electron chi connectivity index (χ2n) is 6.91. The highest BCUT2D eigenvalue weighted by Crippen LogP contribution is 2.36. The molecule has 0 bridgehead atoms. The molecule has 3 aromatic rings. The fourth-order valence-corrected chi connectivity index (χ4v) is 5.05. The standard InChI is InChI=1S/C20H18N2O5S/c1-12-6-8-13(9-7-12)28(26,27)22-11-16(14-4-2-3-5-17(14)22)15-10-18(23)21-19(15)20(24)25/h2-9,11,15,19H,10H2,1H3,(H,21,23)(H,24,25)/t15-,19+/m1/s1. The Morgan fingerprint density at radius 3 is 2.50 bits per heavy atom. The largest absolute Gasteiger partial charge is 0.480 e. The van der Waals surface area contributed by atoms with Crippen LogP contribution >= 0.6 is 0 Å². The molecule has 0 unspecified atom stereocenters.